The molecule has 0 saturated carbocycles. The molecule has 2 rings (SSSR count). The van der Waals surface area contributed by atoms with Crippen molar-refractivity contribution in [2.24, 2.45) is 0 Å². The van der Waals surface area contributed by atoms with Gasteiger partial charge >= 0.3 is 0 Å². The number of rotatable bonds is 3. The molecule has 1 aromatic carbocycles. The van der Waals surface area contributed by atoms with Crippen molar-refractivity contribution in [1.82, 2.24) is 9.62 Å². The number of para-hydroxylation sites is 1. The Kier molecular flexibility index (Phi) is 4.06. The third kappa shape index (κ3) is 2.87. The smallest absolute Gasteiger partial charge is 0.247 e. The van der Waals surface area contributed by atoms with Crippen LogP contribution in [-0.4, -0.2) is 45.4 Å². The Morgan fingerprint density at radius 2 is 2.05 bits per heavy atom. The normalized spacial score (nSPS) is 17.6. The predicted molar refractivity (Wildman–Crippen MR) is 69.4 cm³/mol. The summed E-state index contributed by atoms with van der Waals surface area (Å²) in [5.41, 5.74) is 0. The third-order valence-electron chi connectivity index (χ3n) is 2.91. The van der Waals surface area contributed by atoms with Crippen LogP contribution in [0, 0.1) is 0 Å². The largest absolute Gasteiger partial charge is 0.495 e. The molecular formula is C12H16N2O4S. The number of carbonyl (C=O) groups excluding carboxylic acids is 1. The van der Waals surface area contributed by atoms with Gasteiger partial charge in [-0.05, 0) is 18.6 Å². The Labute approximate surface area is 112 Å². The maximum Gasteiger partial charge on any atom is 0.247 e. The average Bonchev–Trinajstić information content (AvgIpc) is 2.64. The first kappa shape index (κ1) is 13.8. The highest BCUT2D eigenvalue weighted by Gasteiger charge is 2.30. The van der Waals surface area contributed by atoms with Gasteiger partial charge in [0.1, 0.15) is 10.6 Å². The van der Waals surface area contributed by atoms with E-state index in [1.807, 2.05) is 0 Å². The molecule has 19 heavy (non-hydrogen) atoms. The zero-order chi connectivity index (χ0) is 13.9. The van der Waals surface area contributed by atoms with Crippen molar-refractivity contribution in [3.8, 4) is 5.75 Å². The molecule has 0 aliphatic carbocycles. The van der Waals surface area contributed by atoms with E-state index >= 15 is 0 Å². The molecule has 1 amide bonds. The maximum absolute atomic E-state index is 12.5. The van der Waals surface area contributed by atoms with Crippen LogP contribution in [0.15, 0.2) is 29.2 Å². The summed E-state index contributed by atoms with van der Waals surface area (Å²) in [5.74, 6) is 0.00290. The van der Waals surface area contributed by atoms with Crippen molar-refractivity contribution in [1.29, 1.82) is 0 Å². The summed E-state index contributed by atoms with van der Waals surface area (Å²) in [4.78, 5) is 11.6. The van der Waals surface area contributed by atoms with Crippen LogP contribution in [0.4, 0.5) is 0 Å². The zero-order valence-corrected chi connectivity index (χ0v) is 11.4. The van der Waals surface area contributed by atoms with Gasteiger partial charge in [0.15, 0.2) is 0 Å². The minimum atomic E-state index is -3.71. The number of nitrogens with zero attached hydrogens (tertiary/aromatic N) is 1. The molecule has 104 valence electrons. The van der Waals surface area contributed by atoms with Crippen LogP contribution in [0.25, 0.3) is 0 Å². The molecule has 0 radical (unpaired) electrons. The summed E-state index contributed by atoms with van der Waals surface area (Å²) < 4.78 is 31.3. The lowest BCUT2D eigenvalue weighted by Crippen LogP contribution is -2.37. The van der Waals surface area contributed by atoms with Crippen molar-refractivity contribution in [2.45, 2.75) is 11.3 Å². The second-order valence-corrected chi connectivity index (χ2v) is 6.10. The van der Waals surface area contributed by atoms with Crippen LogP contribution in [0.5, 0.6) is 5.75 Å². The summed E-state index contributed by atoms with van der Waals surface area (Å²) in [6.45, 7) is 0.663. The molecule has 1 aliphatic heterocycles. The highest BCUT2D eigenvalue weighted by molar-refractivity contribution is 7.89. The van der Waals surface area contributed by atoms with Crippen molar-refractivity contribution in [2.75, 3.05) is 26.7 Å². The summed E-state index contributed by atoms with van der Waals surface area (Å²) in [7, 11) is -2.29. The van der Waals surface area contributed by atoms with E-state index in [1.165, 1.54) is 17.5 Å². The molecule has 6 nitrogen and oxygen atoms in total. The summed E-state index contributed by atoms with van der Waals surface area (Å²) in [6.07, 6.45) is 0.597. The van der Waals surface area contributed by atoms with Gasteiger partial charge in [0.2, 0.25) is 15.9 Å². The van der Waals surface area contributed by atoms with Gasteiger partial charge in [-0.2, -0.15) is 4.31 Å². The van der Waals surface area contributed by atoms with Gasteiger partial charge in [-0.1, -0.05) is 12.1 Å². The van der Waals surface area contributed by atoms with Gasteiger partial charge in [-0.3, -0.25) is 4.79 Å². The summed E-state index contributed by atoms with van der Waals surface area (Å²) in [5, 5.41) is 2.65. The number of sulfonamides is 1. The van der Waals surface area contributed by atoms with E-state index in [4.69, 9.17) is 4.74 Å². The standard InChI is InChI=1S/C12H16N2O4S/c1-18-10-5-2-3-6-11(10)19(16,17)14-8-4-7-13-12(15)9-14/h2-3,5-6H,4,7-9H2,1H3,(H,13,15). The topological polar surface area (TPSA) is 75.7 Å². The quantitative estimate of drug-likeness (QED) is 0.860. The van der Waals surface area contributed by atoms with Gasteiger partial charge < -0.3 is 10.1 Å². The first-order valence-corrected chi connectivity index (χ1v) is 7.39. The van der Waals surface area contributed by atoms with Gasteiger partial charge in [0.05, 0.1) is 13.7 Å². The first-order chi connectivity index (χ1) is 9.05. The molecule has 0 atom stereocenters. The van der Waals surface area contributed by atoms with Crippen LogP contribution in [0.3, 0.4) is 0 Å². The maximum atomic E-state index is 12.5. The number of hydrogen-bond acceptors (Lipinski definition) is 4. The SMILES string of the molecule is COc1ccccc1S(=O)(=O)N1CCCNC(=O)C1. The molecule has 0 unspecified atom stereocenters. The predicted octanol–water partition coefficient (Wildman–Crippen LogP) is 0.206. The Hall–Kier alpha value is -1.60. The minimum Gasteiger partial charge on any atom is -0.495 e. The second-order valence-electron chi connectivity index (χ2n) is 4.19. The monoisotopic (exact) mass is 284 g/mol. The van der Waals surface area contributed by atoms with Gasteiger partial charge in [-0.15, -0.1) is 0 Å². The van der Waals surface area contributed by atoms with E-state index in [2.05, 4.69) is 5.32 Å². The van der Waals surface area contributed by atoms with Crippen LogP contribution in [0.1, 0.15) is 6.42 Å². The number of ether oxygens (including phenoxy) is 1. The Bertz CT molecular complexity index is 571. The Morgan fingerprint density at radius 3 is 2.79 bits per heavy atom. The molecule has 0 bridgehead atoms. The lowest BCUT2D eigenvalue weighted by molar-refractivity contribution is -0.120. The molecule has 1 N–H and O–H groups in total. The molecule has 7 heteroatoms. The van der Waals surface area contributed by atoms with E-state index in [0.29, 0.717) is 19.5 Å². The number of methoxy groups -OCH3 is 1. The summed E-state index contributed by atoms with van der Waals surface area (Å²) >= 11 is 0. The lowest BCUT2D eigenvalue weighted by Gasteiger charge is -2.20. The van der Waals surface area contributed by atoms with Gasteiger partial charge in [0.25, 0.3) is 0 Å². The fourth-order valence-corrected chi connectivity index (χ4v) is 3.55. The molecule has 1 heterocycles. The molecule has 1 saturated heterocycles. The van der Waals surface area contributed by atoms with Gasteiger partial charge in [-0.25, -0.2) is 8.42 Å². The van der Waals surface area contributed by atoms with E-state index in [0.717, 1.165) is 0 Å². The number of hydrogen-bond donors (Lipinski definition) is 1. The van der Waals surface area contributed by atoms with E-state index in [9.17, 15) is 13.2 Å². The number of carbonyl (C=O) groups is 1. The second kappa shape index (κ2) is 5.58. The van der Waals surface area contributed by atoms with Crippen LogP contribution in [-0.2, 0) is 14.8 Å². The number of benzene rings is 1. The van der Waals surface area contributed by atoms with Crippen molar-refractivity contribution < 1.29 is 17.9 Å². The molecule has 0 spiro atoms. The summed E-state index contributed by atoms with van der Waals surface area (Å²) in [6, 6.07) is 6.40. The van der Waals surface area contributed by atoms with Crippen LogP contribution in [0.2, 0.25) is 0 Å². The fourth-order valence-electron chi connectivity index (χ4n) is 1.95. The minimum absolute atomic E-state index is 0.0900. The molecule has 0 aromatic heterocycles. The van der Waals surface area contributed by atoms with E-state index in [-0.39, 0.29) is 23.1 Å². The van der Waals surface area contributed by atoms with Gasteiger partial charge in [0, 0.05) is 13.1 Å². The molecular weight excluding hydrogens is 268 g/mol. The molecule has 1 aromatic rings. The first-order valence-electron chi connectivity index (χ1n) is 5.95. The van der Waals surface area contributed by atoms with Crippen LogP contribution >= 0.6 is 0 Å². The van der Waals surface area contributed by atoms with Crippen LogP contribution < -0.4 is 10.1 Å². The van der Waals surface area contributed by atoms with E-state index in [1.54, 1.807) is 18.2 Å². The highest BCUT2D eigenvalue weighted by atomic mass is 32.2. The number of nitrogens with one attached hydrogen (secondary N) is 1. The van der Waals surface area contributed by atoms with Crippen molar-refractivity contribution >= 4 is 15.9 Å². The highest BCUT2D eigenvalue weighted by Crippen LogP contribution is 2.26. The van der Waals surface area contributed by atoms with Crippen molar-refractivity contribution in [3.63, 3.8) is 0 Å². The number of amides is 1. The average molecular weight is 284 g/mol. The zero-order valence-electron chi connectivity index (χ0n) is 10.6. The Morgan fingerprint density at radius 1 is 1.32 bits per heavy atom. The van der Waals surface area contributed by atoms with Crippen molar-refractivity contribution in [3.05, 3.63) is 24.3 Å². The molecule has 1 fully saturated rings. The lowest BCUT2D eigenvalue weighted by atomic mass is 10.3. The van der Waals surface area contributed by atoms with E-state index < -0.39 is 10.0 Å². The molecule has 1 aliphatic rings. The fraction of sp³-hybridized carbons (Fsp3) is 0.417. The third-order valence-corrected chi connectivity index (χ3v) is 4.80. The Balaban J connectivity index is 2.38.